The van der Waals surface area contributed by atoms with E-state index in [0.717, 1.165) is 52.2 Å². The van der Waals surface area contributed by atoms with Crippen LogP contribution in [0.5, 0.6) is 0 Å². The second kappa shape index (κ2) is 5.94. The van der Waals surface area contributed by atoms with E-state index < -0.39 is 0 Å². The summed E-state index contributed by atoms with van der Waals surface area (Å²) in [4.78, 5) is 16.0. The molecule has 2 aliphatic heterocycles. The fourth-order valence-corrected chi connectivity index (χ4v) is 2.59. The van der Waals surface area contributed by atoms with E-state index in [0.29, 0.717) is 17.9 Å². The van der Waals surface area contributed by atoms with Crippen LogP contribution in [0.1, 0.15) is 26.7 Å². The summed E-state index contributed by atoms with van der Waals surface area (Å²) < 4.78 is 5.82. The molecule has 0 spiro atoms. The molecule has 0 aromatic rings. The van der Waals surface area contributed by atoms with E-state index in [2.05, 4.69) is 23.6 Å². The van der Waals surface area contributed by atoms with Crippen molar-refractivity contribution in [2.75, 3.05) is 39.3 Å². The minimum Gasteiger partial charge on any atom is -0.374 e. The standard InChI is InChI=1S/C13H24N2O2/c1-11(2)15-7-8-17-13(10-15)9-14-5-3-12(16)4-6-14/h11,13H,3-10H2,1-2H3. The highest BCUT2D eigenvalue weighted by atomic mass is 16.5. The first kappa shape index (κ1) is 13.0. The van der Waals surface area contributed by atoms with Gasteiger partial charge < -0.3 is 4.74 Å². The van der Waals surface area contributed by atoms with Crippen molar-refractivity contribution in [1.29, 1.82) is 0 Å². The minimum atomic E-state index is 0.319. The quantitative estimate of drug-likeness (QED) is 0.729. The lowest BCUT2D eigenvalue weighted by molar-refractivity contribution is -0.122. The summed E-state index contributed by atoms with van der Waals surface area (Å²) in [5, 5.41) is 0. The number of Topliss-reactive ketones (excluding diaryl/α,β-unsaturated/α-hetero) is 1. The number of nitrogens with zero attached hydrogens (tertiary/aromatic N) is 2. The smallest absolute Gasteiger partial charge is 0.135 e. The van der Waals surface area contributed by atoms with Crippen molar-refractivity contribution in [2.45, 2.75) is 38.8 Å². The molecule has 2 heterocycles. The maximum Gasteiger partial charge on any atom is 0.135 e. The van der Waals surface area contributed by atoms with Gasteiger partial charge in [0.2, 0.25) is 0 Å². The number of piperidine rings is 1. The molecular weight excluding hydrogens is 216 g/mol. The Bertz CT molecular complexity index is 258. The summed E-state index contributed by atoms with van der Waals surface area (Å²) in [6.07, 6.45) is 1.76. The highest BCUT2D eigenvalue weighted by Crippen LogP contribution is 2.12. The molecule has 98 valence electrons. The third kappa shape index (κ3) is 3.76. The predicted molar refractivity (Wildman–Crippen MR) is 67.1 cm³/mol. The third-order valence-electron chi connectivity index (χ3n) is 3.78. The summed E-state index contributed by atoms with van der Waals surface area (Å²) in [7, 11) is 0. The van der Waals surface area contributed by atoms with Gasteiger partial charge in [-0.1, -0.05) is 0 Å². The molecule has 0 N–H and O–H groups in total. The fourth-order valence-electron chi connectivity index (χ4n) is 2.59. The predicted octanol–water partition coefficient (Wildman–Crippen LogP) is 0.760. The van der Waals surface area contributed by atoms with E-state index >= 15 is 0 Å². The van der Waals surface area contributed by atoms with E-state index in [4.69, 9.17) is 4.74 Å². The van der Waals surface area contributed by atoms with Gasteiger partial charge in [0.1, 0.15) is 5.78 Å². The maximum atomic E-state index is 11.2. The van der Waals surface area contributed by atoms with Crippen LogP contribution in [0.25, 0.3) is 0 Å². The molecule has 0 aromatic carbocycles. The zero-order valence-corrected chi connectivity index (χ0v) is 11.0. The van der Waals surface area contributed by atoms with Gasteiger partial charge in [-0.05, 0) is 13.8 Å². The lowest BCUT2D eigenvalue weighted by atomic mass is 10.1. The summed E-state index contributed by atoms with van der Waals surface area (Å²) in [5.41, 5.74) is 0. The lowest BCUT2D eigenvalue weighted by Crippen LogP contribution is -2.50. The van der Waals surface area contributed by atoms with Gasteiger partial charge in [-0.2, -0.15) is 0 Å². The molecule has 4 nitrogen and oxygen atoms in total. The van der Waals surface area contributed by atoms with Crippen molar-refractivity contribution in [3.63, 3.8) is 0 Å². The number of hydrogen-bond donors (Lipinski definition) is 0. The highest BCUT2D eigenvalue weighted by Gasteiger charge is 2.25. The molecule has 1 unspecified atom stereocenters. The molecule has 2 fully saturated rings. The number of ether oxygens (including phenoxy) is 1. The first-order valence-electron chi connectivity index (χ1n) is 6.75. The maximum absolute atomic E-state index is 11.2. The monoisotopic (exact) mass is 240 g/mol. The van der Waals surface area contributed by atoms with Crippen molar-refractivity contribution in [1.82, 2.24) is 9.80 Å². The second-order valence-electron chi connectivity index (χ2n) is 5.42. The van der Waals surface area contributed by atoms with Crippen molar-refractivity contribution in [3.8, 4) is 0 Å². The fraction of sp³-hybridized carbons (Fsp3) is 0.923. The average Bonchev–Trinajstić information content (AvgIpc) is 2.32. The van der Waals surface area contributed by atoms with Gasteiger partial charge >= 0.3 is 0 Å². The topological polar surface area (TPSA) is 32.8 Å². The van der Waals surface area contributed by atoms with Gasteiger partial charge in [0, 0.05) is 51.6 Å². The number of rotatable bonds is 3. The lowest BCUT2D eigenvalue weighted by Gasteiger charge is -2.38. The molecule has 0 saturated carbocycles. The van der Waals surface area contributed by atoms with Crippen LogP contribution in [0.4, 0.5) is 0 Å². The third-order valence-corrected chi connectivity index (χ3v) is 3.78. The summed E-state index contributed by atoms with van der Waals surface area (Å²) in [5.74, 6) is 0.412. The Balaban J connectivity index is 1.76. The van der Waals surface area contributed by atoms with Gasteiger partial charge in [0.25, 0.3) is 0 Å². The molecule has 17 heavy (non-hydrogen) atoms. The van der Waals surface area contributed by atoms with Crippen molar-refractivity contribution < 1.29 is 9.53 Å². The second-order valence-corrected chi connectivity index (χ2v) is 5.42. The zero-order valence-electron chi connectivity index (χ0n) is 11.0. The van der Waals surface area contributed by atoms with Crippen LogP contribution >= 0.6 is 0 Å². The van der Waals surface area contributed by atoms with E-state index in [-0.39, 0.29) is 0 Å². The molecule has 0 aromatic heterocycles. The number of carbonyl (C=O) groups excluding carboxylic acids is 1. The number of morpholine rings is 1. The summed E-state index contributed by atoms with van der Waals surface area (Å²) >= 11 is 0. The summed E-state index contributed by atoms with van der Waals surface area (Å²) in [6.45, 7) is 10.2. The molecule has 0 radical (unpaired) electrons. The van der Waals surface area contributed by atoms with Crippen LogP contribution in [-0.2, 0) is 9.53 Å². The molecule has 0 amide bonds. The van der Waals surface area contributed by atoms with Crippen LogP contribution in [0, 0.1) is 0 Å². The molecule has 1 atom stereocenters. The van der Waals surface area contributed by atoms with Crippen LogP contribution in [0.2, 0.25) is 0 Å². The normalized spacial score (nSPS) is 28.9. The van der Waals surface area contributed by atoms with Crippen molar-refractivity contribution >= 4 is 5.78 Å². The average molecular weight is 240 g/mol. The van der Waals surface area contributed by atoms with Crippen molar-refractivity contribution in [3.05, 3.63) is 0 Å². The number of likely N-dealkylation sites (tertiary alicyclic amines) is 1. The van der Waals surface area contributed by atoms with Crippen LogP contribution in [0.3, 0.4) is 0 Å². The van der Waals surface area contributed by atoms with Gasteiger partial charge in [-0.3, -0.25) is 14.6 Å². The minimum absolute atomic E-state index is 0.319. The molecule has 0 bridgehead atoms. The first-order valence-corrected chi connectivity index (χ1v) is 6.75. The van der Waals surface area contributed by atoms with Crippen molar-refractivity contribution in [2.24, 2.45) is 0 Å². The number of carbonyl (C=O) groups is 1. The number of hydrogen-bond acceptors (Lipinski definition) is 4. The Kier molecular flexibility index (Phi) is 4.54. The van der Waals surface area contributed by atoms with E-state index in [9.17, 15) is 4.79 Å². The Labute approximate surface area is 104 Å². The van der Waals surface area contributed by atoms with Gasteiger partial charge in [-0.15, -0.1) is 0 Å². The molecule has 4 heteroatoms. The van der Waals surface area contributed by atoms with E-state index in [1.165, 1.54) is 0 Å². The largest absolute Gasteiger partial charge is 0.374 e. The SMILES string of the molecule is CC(C)N1CCOC(CN2CCC(=O)CC2)C1. The van der Waals surface area contributed by atoms with Gasteiger partial charge in [0.15, 0.2) is 0 Å². The molecule has 2 rings (SSSR count). The molecule has 2 saturated heterocycles. The Hall–Kier alpha value is -0.450. The van der Waals surface area contributed by atoms with Crippen LogP contribution in [0.15, 0.2) is 0 Å². The van der Waals surface area contributed by atoms with E-state index in [1.807, 2.05) is 0 Å². The zero-order chi connectivity index (χ0) is 12.3. The molecular formula is C13H24N2O2. The van der Waals surface area contributed by atoms with Gasteiger partial charge in [-0.25, -0.2) is 0 Å². The van der Waals surface area contributed by atoms with Crippen LogP contribution in [-0.4, -0.2) is 67.1 Å². The Morgan fingerprint density at radius 2 is 2.00 bits per heavy atom. The van der Waals surface area contributed by atoms with Crippen LogP contribution < -0.4 is 0 Å². The highest BCUT2D eigenvalue weighted by molar-refractivity contribution is 5.79. The molecule has 0 aliphatic carbocycles. The molecule has 2 aliphatic rings. The summed E-state index contributed by atoms with van der Waals surface area (Å²) in [6, 6.07) is 0.601. The Morgan fingerprint density at radius 1 is 1.29 bits per heavy atom. The van der Waals surface area contributed by atoms with E-state index in [1.54, 1.807) is 0 Å². The Morgan fingerprint density at radius 3 is 2.65 bits per heavy atom. The first-order chi connectivity index (χ1) is 8.15. The number of ketones is 1. The van der Waals surface area contributed by atoms with Gasteiger partial charge in [0.05, 0.1) is 12.7 Å².